The van der Waals surface area contributed by atoms with E-state index >= 15 is 0 Å². The minimum Gasteiger partial charge on any atom is -0.454 e. The zero-order valence-corrected chi connectivity index (χ0v) is 30.9. The summed E-state index contributed by atoms with van der Waals surface area (Å²) in [5.41, 5.74) is 15.7. The summed E-state index contributed by atoms with van der Waals surface area (Å²) >= 11 is 0. The normalized spacial score (nSPS) is 12.4. The van der Waals surface area contributed by atoms with E-state index in [1.807, 2.05) is 6.07 Å². The molecule has 53 heavy (non-hydrogen) atoms. The average molecular weight is 684 g/mol. The van der Waals surface area contributed by atoms with Crippen molar-refractivity contribution < 1.29 is 4.42 Å². The molecule has 1 aliphatic carbocycles. The number of anilines is 3. The fourth-order valence-electron chi connectivity index (χ4n) is 8.25. The smallest absolute Gasteiger partial charge is 0.159 e. The first-order valence-corrected chi connectivity index (χ1v) is 18.8. The molecular formula is C51H41NO. The lowest BCUT2D eigenvalue weighted by molar-refractivity contribution is 0.590. The summed E-state index contributed by atoms with van der Waals surface area (Å²) in [4.78, 5) is 2.37. The average Bonchev–Trinajstić information content (AvgIpc) is 3.56. The van der Waals surface area contributed by atoms with Crippen molar-refractivity contribution in [1.82, 2.24) is 0 Å². The summed E-state index contributed by atoms with van der Waals surface area (Å²) in [6, 6.07) is 56.1. The molecule has 256 valence electrons. The van der Waals surface area contributed by atoms with E-state index < -0.39 is 0 Å². The molecule has 0 unspecified atom stereocenters. The van der Waals surface area contributed by atoms with Gasteiger partial charge in [-0.1, -0.05) is 120 Å². The Morgan fingerprint density at radius 3 is 1.81 bits per heavy atom. The molecule has 8 aromatic carbocycles. The van der Waals surface area contributed by atoms with Crippen LogP contribution >= 0.6 is 0 Å². The van der Waals surface area contributed by atoms with Crippen molar-refractivity contribution in [3.8, 4) is 33.4 Å². The number of hydrogen-bond acceptors (Lipinski definition) is 2. The number of hydrogen-bond donors (Lipinski definition) is 0. The van der Waals surface area contributed by atoms with Gasteiger partial charge in [-0.25, -0.2) is 0 Å². The van der Waals surface area contributed by atoms with Gasteiger partial charge >= 0.3 is 0 Å². The third kappa shape index (κ3) is 5.16. The molecule has 2 nitrogen and oxygen atoms in total. The third-order valence-electron chi connectivity index (χ3n) is 11.3. The number of rotatable bonds is 5. The van der Waals surface area contributed by atoms with Crippen LogP contribution in [0.5, 0.6) is 0 Å². The monoisotopic (exact) mass is 683 g/mol. The van der Waals surface area contributed by atoms with Crippen molar-refractivity contribution in [3.63, 3.8) is 0 Å². The van der Waals surface area contributed by atoms with Crippen LogP contribution in [0, 0.1) is 0 Å². The van der Waals surface area contributed by atoms with E-state index in [9.17, 15) is 0 Å². The van der Waals surface area contributed by atoms with Crippen LogP contribution in [0.2, 0.25) is 0 Å². The highest BCUT2D eigenvalue weighted by molar-refractivity contribution is 6.13. The van der Waals surface area contributed by atoms with Crippen molar-refractivity contribution >= 4 is 60.5 Å². The molecule has 1 heterocycles. The zero-order valence-electron chi connectivity index (χ0n) is 30.9. The molecule has 0 fully saturated rings. The SMILES string of the molecule is CC(C)c1cccc(N(c2ccc3cc4c(cc3c2)-c2cc3cc(-c5ccc(C(C)(C)C)cc5)ccc3cc2-4)c2cccc3c2oc2ccccc23)c1. The minimum atomic E-state index is 0.141. The van der Waals surface area contributed by atoms with Gasteiger partial charge < -0.3 is 9.32 Å². The van der Waals surface area contributed by atoms with Crippen LogP contribution in [0.25, 0.3) is 76.9 Å². The lowest BCUT2D eigenvalue weighted by atomic mass is 9.77. The van der Waals surface area contributed by atoms with Gasteiger partial charge in [-0.15, -0.1) is 0 Å². The fraction of sp³-hybridized carbons (Fsp3) is 0.137. The molecule has 0 aliphatic heterocycles. The Hall–Kier alpha value is -6.12. The lowest BCUT2D eigenvalue weighted by Crippen LogP contribution is -2.11. The predicted octanol–water partition coefficient (Wildman–Crippen LogP) is 15.1. The molecule has 1 aliphatic rings. The van der Waals surface area contributed by atoms with Crippen molar-refractivity contribution in [1.29, 1.82) is 0 Å². The van der Waals surface area contributed by atoms with E-state index in [-0.39, 0.29) is 5.41 Å². The van der Waals surface area contributed by atoms with Gasteiger partial charge in [0.1, 0.15) is 5.58 Å². The van der Waals surface area contributed by atoms with Crippen molar-refractivity contribution in [2.45, 2.75) is 46.0 Å². The van der Waals surface area contributed by atoms with Gasteiger partial charge in [0, 0.05) is 22.1 Å². The highest BCUT2D eigenvalue weighted by Crippen LogP contribution is 2.51. The standard InChI is InChI=1S/C51H41NO/c1-31(2)33-10-8-11-40(25-33)52(48-14-9-13-43-42-12-6-7-15-49(42)53-50(43)48)41-23-20-36-28-45-44-27-35-17-16-34(32-18-21-39(22-19-32)51(3,4)5)24-37(35)29-46(44)47(45)30-38(36)26-41/h6-31H,1-5H3. The number of fused-ring (bicyclic) bond motifs is 9. The number of para-hydroxylation sites is 2. The molecule has 0 bridgehead atoms. The second kappa shape index (κ2) is 11.7. The number of furan rings is 1. The van der Waals surface area contributed by atoms with Crippen molar-refractivity contribution in [2.75, 3.05) is 4.90 Å². The van der Waals surface area contributed by atoms with Crippen LogP contribution in [0.15, 0.2) is 156 Å². The second-order valence-electron chi connectivity index (χ2n) is 16.1. The van der Waals surface area contributed by atoms with Gasteiger partial charge in [0.2, 0.25) is 0 Å². The summed E-state index contributed by atoms with van der Waals surface area (Å²) in [6.45, 7) is 11.3. The van der Waals surface area contributed by atoms with Crippen LogP contribution in [0.3, 0.4) is 0 Å². The van der Waals surface area contributed by atoms with Gasteiger partial charge in [0.15, 0.2) is 5.58 Å². The molecule has 0 amide bonds. The molecule has 0 N–H and O–H groups in total. The van der Waals surface area contributed by atoms with Gasteiger partial charge in [0.25, 0.3) is 0 Å². The quantitative estimate of drug-likeness (QED) is 0.180. The summed E-state index contributed by atoms with van der Waals surface area (Å²) in [6.07, 6.45) is 0. The van der Waals surface area contributed by atoms with E-state index in [2.05, 4.69) is 185 Å². The van der Waals surface area contributed by atoms with Gasteiger partial charge in [-0.3, -0.25) is 0 Å². The topological polar surface area (TPSA) is 16.4 Å². The minimum absolute atomic E-state index is 0.141. The predicted molar refractivity (Wildman–Crippen MR) is 226 cm³/mol. The summed E-state index contributed by atoms with van der Waals surface area (Å²) < 4.78 is 6.60. The van der Waals surface area contributed by atoms with E-state index in [4.69, 9.17) is 4.42 Å². The number of benzene rings is 8. The maximum absolute atomic E-state index is 6.60. The van der Waals surface area contributed by atoms with E-state index in [1.165, 1.54) is 66.1 Å². The molecule has 1 aromatic heterocycles. The third-order valence-corrected chi connectivity index (χ3v) is 11.3. The van der Waals surface area contributed by atoms with E-state index in [0.29, 0.717) is 5.92 Å². The Bertz CT molecular complexity index is 2900. The molecule has 0 atom stereocenters. The second-order valence-corrected chi connectivity index (χ2v) is 16.1. The van der Waals surface area contributed by atoms with Gasteiger partial charge in [-0.2, -0.15) is 0 Å². The molecule has 0 saturated carbocycles. The first-order chi connectivity index (χ1) is 25.7. The molecule has 10 rings (SSSR count). The Morgan fingerprint density at radius 1 is 0.491 bits per heavy atom. The van der Waals surface area contributed by atoms with E-state index in [1.54, 1.807) is 0 Å². The maximum Gasteiger partial charge on any atom is 0.159 e. The van der Waals surface area contributed by atoms with Crippen molar-refractivity contribution in [2.24, 2.45) is 0 Å². The summed E-state index contributed by atoms with van der Waals surface area (Å²) in [5.74, 6) is 0.412. The van der Waals surface area contributed by atoms with Crippen LogP contribution in [-0.4, -0.2) is 0 Å². The van der Waals surface area contributed by atoms with Gasteiger partial charge in [-0.05, 0) is 144 Å². The Morgan fingerprint density at radius 2 is 1.09 bits per heavy atom. The largest absolute Gasteiger partial charge is 0.454 e. The summed E-state index contributed by atoms with van der Waals surface area (Å²) in [7, 11) is 0. The first kappa shape index (κ1) is 31.6. The molecule has 0 spiro atoms. The number of nitrogens with zero attached hydrogens (tertiary/aromatic N) is 1. The zero-order chi connectivity index (χ0) is 36.0. The highest BCUT2D eigenvalue weighted by Gasteiger charge is 2.25. The molecule has 2 heteroatoms. The van der Waals surface area contributed by atoms with Crippen LogP contribution < -0.4 is 4.90 Å². The molecule has 0 radical (unpaired) electrons. The highest BCUT2D eigenvalue weighted by atomic mass is 16.3. The van der Waals surface area contributed by atoms with E-state index in [0.717, 1.165) is 39.0 Å². The lowest BCUT2D eigenvalue weighted by Gasteiger charge is -2.28. The molecular weight excluding hydrogens is 643 g/mol. The van der Waals surface area contributed by atoms with Crippen LogP contribution in [0.4, 0.5) is 17.1 Å². The fourth-order valence-corrected chi connectivity index (χ4v) is 8.25. The van der Waals surface area contributed by atoms with Crippen LogP contribution in [-0.2, 0) is 5.41 Å². The Balaban J connectivity index is 1.08. The maximum atomic E-state index is 6.60. The van der Waals surface area contributed by atoms with Gasteiger partial charge in [0.05, 0.1) is 5.69 Å². The first-order valence-electron chi connectivity index (χ1n) is 18.8. The van der Waals surface area contributed by atoms with Crippen molar-refractivity contribution in [3.05, 3.63) is 163 Å². The molecule has 9 aromatic rings. The Labute approximate surface area is 310 Å². The van der Waals surface area contributed by atoms with Crippen LogP contribution in [0.1, 0.15) is 51.7 Å². The summed E-state index contributed by atoms with van der Waals surface area (Å²) in [5, 5.41) is 7.27. The Kier molecular flexibility index (Phi) is 6.98. The molecule has 0 saturated heterocycles.